The Morgan fingerprint density at radius 1 is 1.15 bits per heavy atom. The Hall–Kier alpha value is -2.81. The van der Waals surface area contributed by atoms with Gasteiger partial charge in [0, 0.05) is 17.0 Å². The van der Waals surface area contributed by atoms with Crippen molar-refractivity contribution < 1.29 is 38.5 Å². The standard InChI is InChI=1S/C25H36O8Si/c1-14(16(11-19(26)27)12-20(28)29)9-10-17-22(31-6)15(2)18-13-32-24(30)21(18)23(17)33-34(7,8)25(3,4)5/h9,16H,10-13H2,1-8H3,(H,26,27)(H,28,29). The fourth-order valence-electron chi connectivity index (χ4n) is 3.78. The Bertz CT molecular complexity index is 1000. The van der Waals surface area contributed by atoms with E-state index in [9.17, 15) is 24.6 Å². The zero-order valence-corrected chi connectivity index (χ0v) is 22.3. The molecular formula is C25H36O8Si. The highest BCUT2D eigenvalue weighted by Gasteiger charge is 2.42. The summed E-state index contributed by atoms with van der Waals surface area (Å²) in [7, 11) is -0.808. The number of fused-ring (bicyclic) bond motifs is 1. The van der Waals surface area contributed by atoms with Crippen molar-refractivity contribution in [1.29, 1.82) is 0 Å². The van der Waals surface area contributed by atoms with E-state index in [0.29, 0.717) is 28.2 Å². The minimum absolute atomic E-state index is 0.127. The van der Waals surface area contributed by atoms with Crippen LogP contribution in [0.25, 0.3) is 0 Å². The van der Waals surface area contributed by atoms with Crippen molar-refractivity contribution >= 4 is 26.2 Å². The summed E-state index contributed by atoms with van der Waals surface area (Å²) in [5.41, 5.74) is 3.27. The smallest absolute Gasteiger partial charge is 0.342 e. The van der Waals surface area contributed by atoms with Gasteiger partial charge in [-0.15, -0.1) is 0 Å². The van der Waals surface area contributed by atoms with Crippen LogP contribution in [0, 0.1) is 12.8 Å². The van der Waals surface area contributed by atoms with Gasteiger partial charge in [0.15, 0.2) is 0 Å². The molecule has 1 aliphatic heterocycles. The molecule has 0 saturated carbocycles. The maximum atomic E-state index is 12.7. The van der Waals surface area contributed by atoms with Crippen LogP contribution in [-0.4, -0.2) is 43.5 Å². The number of hydrogen-bond donors (Lipinski definition) is 2. The maximum absolute atomic E-state index is 12.7. The van der Waals surface area contributed by atoms with Crippen LogP contribution in [0.3, 0.4) is 0 Å². The first kappa shape index (κ1) is 27.4. The molecule has 0 amide bonds. The highest BCUT2D eigenvalue weighted by molar-refractivity contribution is 6.74. The van der Waals surface area contributed by atoms with Crippen LogP contribution >= 0.6 is 0 Å². The molecule has 1 aromatic rings. The van der Waals surface area contributed by atoms with Gasteiger partial charge in [-0.25, -0.2) is 4.79 Å². The number of methoxy groups -OCH3 is 1. The van der Waals surface area contributed by atoms with Crippen LogP contribution in [0.1, 0.15) is 67.6 Å². The molecule has 0 saturated heterocycles. The van der Waals surface area contributed by atoms with Crippen molar-refractivity contribution in [1.82, 2.24) is 0 Å². The van der Waals surface area contributed by atoms with Gasteiger partial charge in [-0.1, -0.05) is 32.4 Å². The van der Waals surface area contributed by atoms with Crippen molar-refractivity contribution in [2.75, 3.05) is 7.11 Å². The lowest BCUT2D eigenvalue weighted by Gasteiger charge is -2.37. The minimum Gasteiger partial charge on any atom is -0.543 e. The monoisotopic (exact) mass is 492 g/mol. The normalized spacial score (nSPS) is 14.1. The van der Waals surface area contributed by atoms with Gasteiger partial charge in [0.25, 0.3) is 8.32 Å². The van der Waals surface area contributed by atoms with Crippen LogP contribution in [0.15, 0.2) is 11.6 Å². The molecule has 188 valence electrons. The fraction of sp³-hybridized carbons (Fsp3) is 0.560. The molecule has 8 nitrogen and oxygen atoms in total. The van der Waals surface area contributed by atoms with Gasteiger partial charge in [-0.2, -0.15) is 0 Å². The predicted octanol–water partition coefficient (Wildman–Crippen LogP) is 5.11. The van der Waals surface area contributed by atoms with Gasteiger partial charge in [0.05, 0.1) is 20.0 Å². The SMILES string of the molecule is COc1c(C)c2c(c(O[Si](C)(C)C(C)(C)C)c1CC=C(C)C(CC(=O)O)CC(=O)O)C(=O)OC2. The van der Waals surface area contributed by atoms with Gasteiger partial charge in [-0.05, 0) is 44.0 Å². The third-order valence-corrected chi connectivity index (χ3v) is 11.2. The Morgan fingerprint density at radius 3 is 2.18 bits per heavy atom. The first-order valence-electron chi connectivity index (χ1n) is 11.3. The number of ether oxygens (including phenoxy) is 2. The molecule has 0 aromatic heterocycles. The van der Waals surface area contributed by atoms with E-state index in [1.54, 1.807) is 20.1 Å². The summed E-state index contributed by atoms with van der Waals surface area (Å²) in [6.07, 6.45) is 1.53. The molecule has 1 heterocycles. The second-order valence-electron chi connectivity index (χ2n) is 10.3. The summed E-state index contributed by atoms with van der Waals surface area (Å²) < 4.78 is 17.8. The van der Waals surface area contributed by atoms with Crippen LogP contribution < -0.4 is 9.16 Å². The van der Waals surface area contributed by atoms with Crippen molar-refractivity contribution in [3.05, 3.63) is 33.9 Å². The van der Waals surface area contributed by atoms with Crippen molar-refractivity contribution in [2.24, 2.45) is 5.92 Å². The number of cyclic esters (lactones) is 1. The van der Waals surface area contributed by atoms with Crippen LogP contribution in [-0.2, 0) is 27.4 Å². The van der Waals surface area contributed by atoms with Crippen LogP contribution in [0.2, 0.25) is 18.1 Å². The summed E-state index contributed by atoms with van der Waals surface area (Å²) in [6, 6.07) is 0. The second-order valence-corrected chi connectivity index (χ2v) is 15.0. The van der Waals surface area contributed by atoms with Gasteiger partial charge in [0.2, 0.25) is 0 Å². The van der Waals surface area contributed by atoms with Gasteiger partial charge < -0.3 is 24.1 Å². The van der Waals surface area contributed by atoms with Gasteiger partial charge in [-0.3, -0.25) is 9.59 Å². The lowest BCUT2D eigenvalue weighted by atomic mass is 9.90. The number of esters is 1. The number of carboxylic acid groups (broad SMARTS) is 2. The van der Waals surface area contributed by atoms with Crippen LogP contribution in [0.4, 0.5) is 0 Å². The minimum atomic E-state index is -2.36. The summed E-state index contributed by atoms with van der Waals surface area (Å²) in [4.78, 5) is 35.3. The third-order valence-electron chi connectivity index (χ3n) is 6.90. The van der Waals surface area contributed by atoms with Gasteiger partial charge in [0.1, 0.15) is 23.7 Å². The second kappa shape index (κ2) is 10.2. The third kappa shape index (κ3) is 5.81. The van der Waals surface area contributed by atoms with E-state index in [4.69, 9.17) is 13.9 Å². The largest absolute Gasteiger partial charge is 0.543 e. The fourth-order valence-corrected chi connectivity index (χ4v) is 4.82. The van der Waals surface area contributed by atoms with E-state index in [1.807, 2.05) is 6.92 Å². The molecule has 1 aromatic carbocycles. The number of hydrogen-bond acceptors (Lipinski definition) is 6. The maximum Gasteiger partial charge on any atom is 0.342 e. The van der Waals surface area contributed by atoms with E-state index in [0.717, 1.165) is 11.1 Å². The number of aliphatic carboxylic acids is 2. The molecule has 0 bridgehead atoms. The number of carbonyl (C=O) groups is 3. The molecule has 0 radical (unpaired) electrons. The zero-order valence-electron chi connectivity index (χ0n) is 21.3. The average Bonchev–Trinajstić information content (AvgIpc) is 3.08. The number of carbonyl (C=O) groups excluding carboxylic acids is 1. The quantitative estimate of drug-likeness (QED) is 0.263. The molecule has 34 heavy (non-hydrogen) atoms. The van der Waals surface area contributed by atoms with E-state index in [-0.39, 0.29) is 30.9 Å². The molecule has 9 heteroatoms. The molecular weight excluding hydrogens is 456 g/mol. The summed E-state index contributed by atoms with van der Waals surface area (Å²) in [6.45, 7) is 14.2. The molecule has 2 N–H and O–H groups in total. The first-order chi connectivity index (χ1) is 15.6. The molecule has 0 atom stereocenters. The Balaban J connectivity index is 2.66. The highest BCUT2D eigenvalue weighted by Crippen LogP contribution is 2.46. The van der Waals surface area contributed by atoms with E-state index >= 15 is 0 Å². The molecule has 0 fully saturated rings. The highest BCUT2D eigenvalue weighted by atomic mass is 28.4. The Morgan fingerprint density at radius 2 is 1.71 bits per heavy atom. The van der Waals surface area contributed by atoms with E-state index in [1.165, 1.54) is 0 Å². The number of allylic oxidation sites excluding steroid dienone is 2. The summed E-state index contributed by atoms with van der Waals surface area (Å²) >= 11 is 0. The molecule has 0 spiro atoms. The lowest BCUT2D eigenvalue weighted by molar-refractivity contribution is -0.140. The van der Waals surface area contributed by atoms with Crippen molar-refractivity contribution in [2.45, 2.75) is 78.6 Å². The number of carboxylic acids is 2. The zero-order chi connectivity index (χ0) is 26.0. The lowest BCUT2D eigenvalue weighted by Crippen LogP contribution is -2.44. The Kier molecular flexibility index (Phi) is 8.24. The number of rotatable bonds is 10. The molecule has 0 aliphatic carbocycles. The molecule has 2 rings (SSSR count). The van der Waals surface area contributed by atoms with Crippen molar-refractivity contribution in [3.8, 4) is 11.5 Å². The van der Waals surface area contributed by atoms with Gasteiger partial charge >= 0.3 is 17.9 Å². The van der Waals surface area contributed by atoms with E-state index < -0.39 is 32.1 Å². The first-order valence-corrected chi connectivity index (χ1v) is 14.2. The van der Waals surface area contributed by atoms with Crippen molar-refractivity contribution in [3.63, 3.8) is 0 Å². The summed E-state index contributed by atoms with van der Waals surface area (Å²) in [5, 5.41) is 18.3. The molecule has 1 aliphatic rings. The predicted molar refractivity (Wildman–Crippen MR) is 130 cm³/mol. The number of benzene rings is 1. The summed E-state index contributed by atoms with van der Waals surface area (Å²) in [5.74, 6) is -2.17. The van der Waals surface area contributed by atoms with E-state index in [2.05, 4.69) is 33.9 Å². The van der Waals surface area contributed by atoms with Crippen LogP contribution in [0.5, 0.6) is 11.5 Å². The molecule has 0 unspecified atom stereocenters. The average molecular weight is 493 g/mol. The topological polar surface area (TPSA) is 119 Å². The Labute approximate surface area is 202 Å².